The van der Waals surface area contributed by atoms with Gasteiger partial charge in [-0.15, -0.1) is 0 Å². The largest absolute Gasteiger partial charge is 0.453 e. The zero-order valence-electron chi connectivity index (χ0n) is 41.5. The minimum atomic E-state index is -0.377. The third-order valence-corrected chi connectivity index (χ3v) is 15.0. The lowest BCUT2D eigenvalue weighted by Gasteiger charge is -2.51. The van der Waals surface area contributed by atoms with Gasteiger partial charge < -0.3 is 19.3 Å². The molecule has 66 heavy (non-hydrogen) atoms. The molecule has 0 spiro atoms. The average molecular weight is 866 g/mol. The molecule has 4 aliphatic heterocycles. The first-order valence-electron chi connectivity index (χ1n) is 24.1. The van der Waals surface area contributed by atoms with E-state index in [9.17, 15) is 0 Å². The monoisotopic (exact) mass is 866 g/mol. The summed E-state index contributed by atoms with van der Waals surface area (Å²) in [7, 11) is 0. The number of ether oxygens (including phenoxy) is 1. The number of hydrogen-bond acceptors (Lipinski definition) is 4. The lowest BCUT2D eigenvalue weighted by molar-refractivity contribution is 0.470. The van der Waals surface area contributed by atoms with Gasteiger partial charge in [-0.1, -0.05) is 164 Å². The predicted molar refractivity (Wildman–Crippen MR) is 282 cm³/mol. The smallest absolute Gasteiger partial charge is 0.333 e. The molecular weight excluding hydrogens is 802 g/mol. The van der Waals surface area contributed by atoms with E-state index in [1.807, 2.05) is 0 Å². The van der Waals surface area contributed by atoms with Crippen molar-refractivity contribution in [3.63, 3.8) is 0 Å². The normalized spacial score (nSPS) is 15.5. The van der Waals surface area contributed by atoms with E-state index in [1.54, 1.807) is 0 Å². The number of benzene rings is 7. The molecule has 0 aromatic heterocycles. The summed E-state index contributed by atoms with van der Waals surface area (Å²) < 4.78 is 7.23. The Morgan fingerprint density at radius 2 is 1.00 bits per heavy atom. The van der Waals surface area contributed by atoms with Gasteiger partial charge in [0.05, 0.1) is 22.7 Å². The molecule has 0 saturated heterocycles. The van der Waals surface area contributed by atoms with Crippen molar-refractivity contribution in [1.29, 1.82) is 0 Å². The van der Waals surface area contributed by atoms with Crippen LogP contribution in [0.5, 0.6) is 11.5 Å². The highest BCUT2D eigenvalue weighted by Crippen LogP contribution is 2.60. The van der Waals surface area contributed by atoms with Gasteiger partial charge >= 0.3 is 6.85 Å². The molecule has 7 aromatic carbocycles. The molecule has 4 nitrogen and oxygen atoms in total. The zero-order chi connectivity index (χ0) is 46.6. The summed E-state index contributed by atoms with van der Waals surface area (Å²) in [5.74, 6) is 1.83. The maximum atomic E-state index is 7.23. The molecule has 0 fully saturated rings. The molecule has 0 unspecified atom stereocenters. The number of rotatable bonds is 2. The molecule has 0 amide bonds. The Bertz CT molecular complexity index is 3140. The minimum Gasteiger partial charge on any atom is -0.453 e. The first-order chi connectivity index (χ1) is 31.0. The molecule has 4 aliphatic rings. The standard InChI is InChI=1S/C61H64BN3O/c1-57(2,3)37-24-27-42(28-25-37)64-50-34-39(59(7,8)9)32-43-44-33-40(60(10,11)12)36-52-55(44)65(48-30-26-38(58(4,5)6)35-51(48)66-52)62(54(43)50)46-29-31-49-53(56(46)64)61(13,14)45-22-18-19-23-47(45)63(49)41-20-16-15-17-21-41/h15-36H,1-14H3. The third kappa shape index (κ3) is 6.25. The molecule has 332 valence electrons. The average Bonchev–Trinajstić information content (AvgIpc) is 3.25. The molecule has 0 N–H and O–H groups in total. The molecule has 5 heteroatoms. The summed E-state index contributed by atoms with van der Waals surface area (Å²) in [6, 6.07) is 51.2. The van der Waals surface area contributed by atoms with E-state index in [0.29, 0.717) is 0 Å². The van der Waals surface area contributed by atoms with E-state index in [-0.39, 0.29) is 33.9 Å². The summed E-state index contributed by atoms with van der Waals surface area (Å²) >= 11 is 0. The summed E-state index contributed by atoms with van der Waals surface area (Å²) in [6.45, 7) is 32.6. The van der Waals surface area contributed by atoms with Crippen molar-refractivity contribution in [2.75, 3.05) is 14.6 Å². The SMILES string of the molecule is CC(C)(C)c1ccc(N2c3cc(C(C)(C)C)cc4c3B(c3ccc5c(c32)C(C)(C)c2ccccc2N5c2ccccc2)N2c3ccc(C(C)(C)C)cc3Oc3cc(C(C)(C)C)cc-4c32)cc1. The van der Waals surface area contributed by atoms with E-state index in [4.69, 9.17) is 4.74 Å². The topological polar surface area (TPSA) is 19.0 Å². The van der Waals surface area contributed by atoms with Gasteiger partial charge in [-0.3, -0.25) is 0 Å². The van der Waals surface area contributed by atoms with Crippen LogP contribution in [-0.4, -0.2) is 6.85 Å². The van der Waals surface area contributed by atoms with E-state index < -0.39 is 0 Å². The maximum Gasteiger partial charge on any atom is 0.333 e. The molecule has 0 atom stereocenters. The molecule has 0 aliphatic carbocycles. The molecule has 4 heterocycles. The van der Waals surface area contributed by atoms with Crippen LogP contribution in [0.2, 0.25) is 0 Å². The Morgan fingerprint density at radius 1 is 0.439 bits per heavy atom. The van der Waals surface area contributed by atoms with Crippen molar-refractivity contribution in [3.8, 4) is 22.6 Å². The van der Waals surface area contributed by atoms with Crippen LogP contribution >= 0.6 is 0 Å². The van der Waals surface area contributed by atoms with Crippen molar-refractivity contribution in [3.05, 3.63) is 167 Å². The Balaban J connectivity index is 1.31. The van der Waals surface area contributed by atoms with Crippen LogP contribution in [-0.2, 0) is 27.1 Å². The van der Waals surface area contributed by atoms with Crippen LogP contribution in [0.3, 0.4) is 0 Å². The van der Waals surface area contributed by atoms with Crippen molar-refractivity contribution in [2.24, 2.45) is 0 Å². The van der Waals surface area contributed by atoms with Gasteiger partial charge in [0.2, 0.25) is 0 Å². The fourth-order valence-electron chi connectivity index (χ4n) is 11.2. The Morgan fingerprint density at radius 3 is 1.67 bits per heavy atom. The highest BCUT2D eigenvalue weighted by Gasteiger charge is 2.52. The summed E-state index contributed by atoms with van der Waals surface area (Å²) in [5.41, 5.74) is 21.8. The predicted octanol–water partition coefficient (Wildman–Crippen LogP) is 15.8. The van der Waals surface area contributed by atoms with Crippen molar-refractivity contribution in [2.45, 2.75) is 124 Å². The van der Waals surface area contributed by atoms with Gasteiger partial charge in [-0.2, -0.15) is 0 Å². The van der Waals surface area contributed by atoms with Crippen LogP contribution in [0.25, 0.3) is 11.1 Å². The number of para-hydroxylation sites is 2. The number of nitrogens with zero attached hydrogens (tertiary/aromatic N) is 3. The molecular formula is C61H64BN3O. The van der Waals surface area contributed by atoms with Gasteiger partial charge in [-0.25, -0.2) is 0 Å². The van der Waals surface area contributed by atoms with Gasteiger partial charge in [0.15, 0.2) is 5.75 Å². The summed E-state index contributed by atoms with van der Waals surface area (Å²) in [5, 5.41) is 0. The quantitative estimate of drug-likeness (QED) is 0.161. The Hall–Kier alpha value is -6.20. The van der Waals surface area contributed by atoms with Crippen LogP contribution < -0.4 is 30.3 Å². The van der Waals surface area contributed by atoms with Gasteiger partial charge in [0.1, 0.15) is 5.75 Å². The van der Waals surface area contributed by atoms with Crippen molar-refractivity contribution >= 4 is 63.3 Å². The molecule has 0 bridgehead atoms. The maximum absolute atomic E-state index is 7.23. The summed E-state index contributed by atoms with van der Waals surface area (Å²) in [4.78, 5) is 7.83. The number of hydrogen-bond donors (Lipinski definition) is 0. The first-order valence-corrected chi connectivity index (χ1v) is 24.1. The fourth-order valence-corrected chi connectivity index (χ4v) is 11.2. The highest BCUT2D eigenvalue weighted by molar-refractivity contribution is 6.94. The lowest BCUT2D eigenvalue weighted by Crippen LogP contribution is -2.62. The van der Waals surface area contributed by atoms with E-state index in [2.05, 4.69) is 245 Å². The van der Waals surface area contributed by atoms with Crippen LogP contribution in [0, 0.1) is 0 Å². The third-order valence-electron chi connectivity index (χ3n) is 15.0. The van der Waals surface area contributed by atoms with Crippen LogP contribution in [0.1, 0.15) is 130 Å². The van der Waals surface area contributed by atoms with E-state index >= 15 is 0 Å². The summed E-state index contributed by atoms with van der Waals surface area (Å²) in [6.07, 6.45) is 0. The van der Waals surface area contributed by atoms with Gasteiger partial charge in [0, 0.05) is 39.3 Å². The van der Waals surface area contributed by atoms with Crippen LogP contribution in [0.4, 0.5) is 45.5 Å². The highest BCUT2D eigenvalue weighted by atomic mass is 16.5. The van der Waals surface area contributed by atoms with Crippen molar-refractivity contribution in [1.82, 2.24) is 0 Å². The fraction of sp³-hybridized carbons (Fsp3) is 0.311. The van der Waals surface area contributed by atoms with E-state index in [1.165, 1.54) is 78.2 Å². The molecule has 0 saturated carbocycles. The number of fused-ring (bicyclic) bond motifs is 9. The van der Waals surface area contributed by atoms with Crippen LogP contribution in [0.15, 0.2) is 133 Å². The molecule has 0 radical (unpaired) electrons. The Labute approximate surface area is 394 Å². The lowest BCUT2D eigenvalue weighted by atomic mass is 9.42. The molecule has 11 rings (SSSR count). The first kappa shape index (κ1) is 42.4. The number of anilines is 8. The molecule has 7 aromatic rings. The van der Waals surface area contributed by atoms with Gasteiger partial charge in [-0.05, 0) is 133 Å². The second-order valence-electron chi connectivity index (χ2n) is 24.0. The van der Waals surface area contributed by atoms with Gasteiger partial charge in [0.25, 0.3) is 0 Å². The second-order valence-corrected chi connectivity index (χ2v) is 24.0. The van der Waals surface area contributed by atoms with Crippen molar-refractivity contribution < 1.29 is 4.74 Å². The van der Waals surface area contributed by atoms with E-state index in [0.717, 1.165) is 34.2 Å². The second kappa shape index (κ2) is 13.9. The minimum absolute atomic E-state index is 0.0125. The zero-order valence-corrected chi connectivity index (χ0v) is 41.5. The Kier molecular flexibility index (Phi) is 8.95.